The highest BCUT2D eigenvalue weighted by Crippen LogP contribution is 2.47. The third-order valence-electron chi connectivity index (χ3n) is 7.39. The van der Waals surface area contributed by atoms with Crippen LogP contribution in [0.15, 0.2) is 66.7 Å². The Balaban J connectivity index is 1.37. The average Bonchev–Trinajstić information content (AvgIpc) is 3.36. The number of piperidine rings is 1. The molecule has 0 aliphatic carbocycles. The summed E-state index contributed by atoms with van der Waals surface area (Å²) in [5.41, 5.74) is 1.01. The van der Waals surface area contributed by atoms with Gasteiger partial charge in [0.2, 0.25) is 0 Å². The number of nitrogens with zero attached hydrogens (tertiary/aromatic N) is 1. The molecule has 1 aromatic heterocycles. The number of amides is 1. The van der Waals surface area contributed by atoms with E-state index in [9.17, 15) is 4.79 Å². The zero-order chi connectivity index (χ0) is 28.6. The van der Waals surface area contributed by atoms with Crippen molar-refractivity contribution < 1.29 is 23.7 Å². The van der Waals surface area contributed by atoms with Gasteiger partial charge in [0.25, 0.3) is 0 Å². The molecule has 1 atom stereocenters. The molecule has 3 aromatic carbocycles. The van der Waals surface area contributed by atoms with Gasteiger partial charge in [0.05, 0.1) is 18.6 Å². The van der Waals surface area contributed by atoms with Gasteiger partial charge in [0.15, 0.2) is 5.75 Å². The molecule has 1 fully saturated rings. The predicted octanol–water partition coefficient (Wildman–Crippen LogP) is 8.12. The summed E-state index contributed by atoms with van der Waals surface area (Å²) in [6, 6.07) is 21.9. The van der Waals surface area contributed by atoms with Crippen molar-refractivity contribution in [2.75, 3.05) is 33.4 Å². The van der Waals surface area contributed by atoms with E-state index in [1.54, 1.807) is 23.3 Å². The van der Waals surface area contributed by atoms with Crippen molar-refractivity contribution in [1.29, 1.82) is 0 Å². The van der Waals surface area contributed by atoms with Crippen LogP contribution in [0.25, 0.3) is 20.5 Å². The average molecular weight is 575 g/mol. The molecule has 1 amide bonds. The summed E-state index contributed by atoms with van der Waals surface area (Å²) < 4.78 is 24.5. The monoisotopic (exact) mass is 574 g/mol. The van der Waals surface area contributed by atoms with Gasteiger partial charge < -0.3 is 29.2 Å². The van der Waals surface area contributed by atoms with Crippen LogP contribution >= 0.6 is 11.3 Å². The van der Waals surface area contributed by atoms with Gasteiger partial charge in [-0.3, -0.25) is 0 Å². The summed E-state index contributed by atoms with van der Waals surface area (Å²) in [7, 11) is 1.66. The lowest BCUT2D eigenvalue weighted by molar-refractivity contribution is 0.157. The van der Waals surface area contributed by atoms with Gasteiger partial charge in [-0.05, 0) is 112 Å². The summed E-state index contributed by atoms with van der Waals surface area (Å²) in [6.45, 7) is 6.86. The van der Waals surface area contributed by atoms with Gasteiger partial charge in [-0.25, -0.2) is 4.79 Å². The molecule has 8 heteroatoms. The van der Waals surface area contributed by atoms with E-state index >= 15 is 0 Å². The zero-order valence-electron chi connectivity index (χ0n) is 24.0. The van der Waals surface area contributed by atoms with E-state index in [4.69, 9.17) is 18.9 Å². The molecule has 0 radical (unpaired) electrons. The summed E-state index contributed by atoms with van der Waals surface area (Å²) >= 11 is 1.60. The second-order valence-electron chi connectivity index (χ2n) is 10.0. The number of nitrogens with one attached hydrogen (secondary N) is 1. The molecular formula is C33H38N2O5S. The Kier molecular flexibility index (Phi) is 9.64. The topological polar surface area (TPSA) is 69.3 Å². The third-order valence-corrected chi connectivity index (χ3v) is 8.57. The van der Waals surface area contributed by atoms with Crippen LogP contribution in [-0.2, 0) is 0 Å². The molecule has 0 spiro atoms. The number of thiophene rings is 1. The minimum absolute atomic E-state index is 0.352. The number of fused-ring (bicyclic) bond motifs is 1. The van der Waals surface area contributed by atoms with Crippen molar-refractivity contribution in [3.8, 4) is 39.2 Å². The van der Waals surface area contributed by atoms with Crippen molar-refractivity contribution in [2.45, 2.75) is 45.6 Å². The van der Waals surface area contributed by atoms with E-state index < -0.39 is 0 Å². The van der Waals surface area contributed by atoms with E-state index in [2.05, 4.69) is 5.32 Å². The van der Waals surface area contributed by atoms with Crippen molar-refractivity contribution in [1.82, 2.24) is 10.2 Å². The van der Waals surface area contributed by atoms with Crippen LogP contribution in [0.3, 0.4) is 0 Å². The SMILES string of the molecule is CCN(CC)C(=O)Oc1ccc2c(Oc3ccc(OCCC4CCCCN4)cc3)c(-c3ccc(OC)cc3)sc2c1. The Labute approximate surface area is 246 Å². The van der Waals surface area contributed by atoms with Crippen LogP contribution in [0, 0.1) is 0 Å². The second kappa shape index (κ2) is 13.7. The number of rotatable bonds is 11. The van der Waals surface area contributed by atoms with E-state index in [1.165, 1.54) is 19.3 Å². The Morgan fingerprint density at radius 1 is 0.927 bits per heavy atom. The molecule has 0 saturated carbocycles. The van der Waals surface area contributed by atoms with Crippen molar-refractivity contribution in [3.63, 3.8) is 0 Å². The largest absolute Gasteiger partial charge is 0.497 e. The molecule has 216 valence electrons. The molecule has 1 N–H and O–H groups in total. The Morgan fingerprint density at radius 2 is 1.63 bits per heavy atom. The van der Waals surface area contributed by atoms with Crippen molar-refractivity contribution >= 4 is 27.5 Å². The van der Waals surface area contributed by atoms with Gasteiger partial charge in [0, 0.05) is 29.2 Å². The molecule has 41 heavy (non-hydrogen) atoms. The van der Waals surface area contributed by atoms with Gasteiger partial charge in [-0.1, -0.05) is 6.42 Å². The van der Waals surface area contributed by atoms with Crippen LogP contribution in [-0.4, -0.2) is 50.4 Å². The standard InChI is InChI=1S/C33H38N2O5S/c1-4-35(5-2)33(36)40-28-17-18-29-30(22-28)41-32(23-9-11-25(37-3)12-10-23)31(29)39-27-15-13-26(14-16-27)38-21-19-24-8-6-7-20-34-24/h9-18,22,24,34H,4-8,19-21H2,1-3H3. The smallest absolute Gasteiger partial charge is 0.415 e. The van der Waals surface area contributed by atoms with Crippen LogP contribution in [0.1, 0.15) is 39.5 Å². The van der Waals surface area contributed by atoms with E-state index in [-0.39, 0.29) is 6.09 Å². The normalized spacial score (nSPS) is 15.0. The highest BCUT2D eigenvalue weighted by molar-refractivity contribution is 7.22. The fourth-order valence-electron chi connectivity index (χ4n) is 5.01. The molecule has 1 aliphatic heterocycles. The molecule has 2 heterocycles. The van der Waals surface area contributed by atoms with Crippen LogP contribution in [0.2, 0.25) is 0 Å². The van der Waals surface area contributed by atoms with Gasteiger partial charge in [-0.2, -0.15) is 0 Å². The molecule has 1 aliphatic rings. The summed E-state index contributed by atoms with van der Waals surface area (Å²) in [5, 5.41) is 4.52. The summed E-state index contributed by atoms with van der Waals surface area (Å²) in [5.74, 6) is 3.61. The maximum Gasteiger partial charge on any atom is 0.415 e. The lowest BCUT2D eigenvalue weighted by Gasteiger charge is -2.23. The first-order valence-electron chi connectivity index (χ1n) is 14.4. The van der Waals surface area contributed by atoms with Gasteiger partial charge in [-0.15, -0.1) is 11.3 Å². The number of ether oxygens (including phenoxy) is 4. The minimum Gasteiger partial charge on any atom is -0.497 e. The Bertz CT molecular complexity index is 1420. The summed E-state index contributed by atoms with van der Waals surface area (Å²) in [6.07, 6.45) is 4.44. The van der Waals surface area contributed by atoms with E-state index in [0.29, 0.717) is 31.5 Å². The molecular weight excluding hydrogens is 536 g/mol. The van der Waals surface area contributed by atoms with Crippen LogP contribution in [0.5, 0.6) is 28.7 Å². The van der Waals surface area contributed by atoms with Crippen LogP contribution in [0.4, 0.5) is 4.79 Å². The number of hydrogen-bond acceptors (Lipinski definition) is 7. The quantitative estimate of drug-likeness (QED) is 0.195. The number of benzene rings is 3. The van der Waals surface area contributed by atoms with E-state index in [0.717, 1.165) is 56.5 Å². The van der Waals surface area contributed by atoms with Crippen molar-refractivity contribution in [3.05, 3.63) is 66.7 Å². The first-order valence-corrected chi connectivity index (χ1v) is 15.2. The first-order chi connectivity index (χ1) is 20.1. The lowest BCUT2D eigenvalue weighted by Crippen LogP contribution is -2.35. The molecule has 4 aromatic rings. The first kappa shape index (κ1) is 28.8. The predicted molar refractivity (Wildman–Crippen MR) is 165 cm³/mol. The molecule has 5 rings (SSSR count). The van der Waals surface area contributed by atoms with Gasteiger partial charge >= 0.3 is 6.09 Å². The summed E-state index contributed by atoms with van der Waals surface area (Å²) in [4.78, 5) is 15.2. The highest BCUT2D eigenvalue weighted by atomic mass is 32.1. The highest BCUT2D eigenvalue weighted by Gasteiger charge is 2.19. The number of methoxy groups -OCH3 is 1. The fourth-order valence-corrected chi connectivity index (χ4v) is 6.17. The maximum absolute atomic E-state index is 12.5. The number of carbonyl (C=O) groups is 1. The Morgan fingerprint density at radius 3 is 2.32 bits per heavy atom. The second-order valence-corrected chi connectivity index (χ2v) is 11.1. The van der Waals surface area contributed by atoms with E-state index in [1.807, 2.05) is 80.6 Å². The molecule has 0 bridgehead atoms. The minimum atomic E-state index is -0.352. The molecule has 1 saturated heterocycles. The number of carbonyl (C=O) groups excluding carboxylic acids is 1. The fraction of sp³-hybridized carbons (Fsp3) is 0.364. The molecule has 1 unspecified atom stereocenters. The van der Waals surface area contributed by atoms with Crippen LogP contribution < -0.4 is 24.3 Å². The van der Waals surface area contributed by atoms with Crippen molar-refractivity contribution in [2.24, 2.45) is 0 Å². The zero-order valence-corrected chi connectivity index (χ0v) is 24.8. The molecule has 7 nitrogen and oxygen atoms in total. The third kappa shape index (κ3) is 7.13. The lowest BCUT2D eigenvalue weighted by atomic mass is 10.0. The maximum atomic E-state index is 12.5. The number of hydrogen-bond donors (Lipinski definition) is 1. The van der Waals surface area contributed by atoms with Gasteiger partial charge in [0.1, 0.15) is 23.0 Å². The Hall–Kier alpha value is -3.75.